The molecular formula is C12H12O4. The molecular weight excluding hydrogens is 208 g/mol. The monoisotopic (exact) mass is 220 g/mol. The lowest BCUT2D eigenvalue weighted by atomic mass is 9.98. The van der Waals surface area contributed by atoms with Crippen LogP contribution in [0.1, 0.15) is 40.1 Å². The zero-order valence-corrected chi connectivity index (χ0v) is 9.11. The smallest absolute Gasteiger partial charge is 0.335 e. The first kappa shape index (κ1) is 12.1. The molecule has 4 heteroatoms. The number of aromatic carboxylic acids is 1. The minimum absolute atomic E-state index is 0.0305. The van der Waals surface area contributed by atoms with Crippen molar-refractivity contribution in [3.05, 3.63) is 34.9 Å². The number of Topliss-reactive ketones (excluding diaryl/α,β-unsaturated/α-hetero) is 2. The largest absolute Gasteiger partial charge is 0.478 e. The van der Waals surface area contributed by atoms with Crippen molar-refractivity contribution < 1.29 is 19.5 Å². The van der Waals surface area contributed by atoms with E-state index in [1.807, 2.05) is 0 Å². The number of carbonyl (C=O) groups is 3. The zero-order valence-electron chi connectivity index (χ0n) is 9.11. The summed E-state index contributed by atoms with van der Waals surface area (Å²) < 4.78 is 0. The van der Waals surface area contributed by atoms with E-state index in [4.69, 9.17) is 5.11 Å². The Balaban J connectivity index is 3.26. The average Bonchev–Trinajstić information content (AvgIpc) is 2.15. The number of rotatable bonds is 4. The van der Waals surface area contributed by atoms with Gasteiger partial charge in [0, 0.05) is 12.0 Å². The third kappa shape index (κ3) is 2.76. The van der Waals surface area contributed by atoms with E-state index < -0.39 is 5.97 Å². The molecule has 0 aliphatic heterocycles. The second-order valence-corrected chi connectivity index (χ2v) is 3.61. The minimum Gasteiger partial charge on any atom is -0.478 e. The predicted octanol–water partition coefficient (Wildman–Crippen LogP) is 1.72. The normalized spacial score (nSPS) is 9.88. The molecule has 0 atom stereocenters. The van der Waals surface area contributed by atoms with Gasteiger partial charge in [0.2, 0.25) is 0 Å². The van der Waals surface area contributed by atoms with E-state index in [0.29, 0.717) is 11.1 Å². The Hall–Kier alpha value is -1.97. The molecule has 1 rings (SSSR count). The molecule has 0 spiro atoms. The predicted molar refractivity (Wildman–Crippen MR) is 57.8 cm³/mol. The maximum Gasteiger partial charge on any atom is 0.335 e. The summed E-state index contributed by atoms with van der Waals surface area (Å²) in [6.07, 6.45) is 0.0305. The van der Waals surface area contributed by atoms with Crippen molar-refractivity contribution in [2.75, 3.05) is 0 Å². The number of hydrogen-bond acceptors (Lipinski definition) is 3. The summed E-state index contributed by atoms with van der Waals surface area (Å²) >= 11 is 0. The summed E-state index contributed by atoms with van der Waals surface area (Å²) in [7, 11) is 0. The second-order valence-electron chi connectivity index (χ2n) is 3.61. The van der Waals surface area contributed by atoms with Crippen molar-refractivity contribution in [1.29, 1.82) is 0 Å². The first-order valence-electron chi connectivity index (χ1n) is 4.78. The molecule has 0 aromatic heterocycles. The Morgan fingerprint density at radius 1 is 1.19 bits per heavy atom. The average molecular weight is 220 g/mol. The van der Waals surface area contributed by atoms with Crippen LogP contribution in [0.25, 0.3) is 0 Å². The van der Waals surface area contributed by atoms with Crippen LogP contribution in [0.15, 0.2) is 18.2 Å². The van der Waals surface area contributed by atoms with Gasteiger partial charge in [-0.2, -0.15) is 0 Å². The van der Waals surface area contributed by atoms with Crippen LogP contribution in [-0.4, -0.2) is 22.6 Å². The van der Waals surface area contributed by atoms with E-state index in [2.05, 4.69) is 0 Å². The van der Waals surface area contributed by atoms with Gasteiger partial charge >= 0.3 is 5.97 Å². The lowest BCUT2D eigenvalue weighted by Gasteiger charge is -2.05. The van der Waals surface area contributed by atoms with Crippen LogP contribution in [0.2, 0.25) is 0 Å². The molecule has 0 radical (unpaired) electrons. The lowest BCUT2D eigenvalue weighted by molar-refractivity contribution is -0.116. The van der Waals surface area contributed by atoms with Crippen LogP contribution in [-0.2, 0) is 11.2 Å². The summed E-state index contributed by atoms with van der Waals surface area (Å²) in [5.74, 6) is -1.38. The quantitative estimate of drug-likeness (QED) is 0.784. The molecule has 0 unspecified atom stereocenters. The van der Waals surface area contributed by atoms with Gasteiger partial charge < -0.3 is 5.11 Å². The van der Waals surface area contributed by atoms with Crippen LogP contribution < -0.4 is 0 Å². The van der Waals surface area contributed by atoms with E-state index in [1.54, 1.807) is 0 Å². The first-order valence-corrected chi connectivity index (χ1v) is 4.78. The molecule has 0 saturated heterocycles. The highest BCUT2D eigenvalue weighted by molar-refractivity contribution is 5.97. The van der Waals surface area contributed by atoms with Gasteiger partial charge in [-0.3, -0.25) is 9.59 Å². The molecule has 0 saturated carbocycles. The summed E-state index contributed by atoms with van der Waals surface area (Å²) in [5, 5.41) is 8.91. The number of benzene rings is 1. The molecule has 84 valence electrons. The van der Waals surface area contributed by atoms with E-state index in [0.717, 1.165) is 0 Å². The molecule has 1 aromatic carbocycles. The summed E-state index contributed by atoms with van der Waals surface area (Å²) in [5.41, 5.74) is 0.870. The third-order valence-electron chi connectivity index (χ3n) is 2.18. The Morgan fingerprint density at radius 3 is 2.25 bits per heavy atom. The molecule has 1 aromatic rings. The van der Waals surface area contributed by atoms with Crippen molar-refractivity contribution in [1.82, 2.24) is 0 Å². The molecule has 0 amide bonds. The Morgan fingerprint density at radius 2 is 1.81 bits per heavy atom. The maximum absolute atomic E-state index is 11.1. The molecule has 4 nitrogen and oxygen atoms in total. The SMILES string of the molecule is CC(=O)Cc1cc(C(C)=O)ccc1C(=O)O. The van der Waals surface area contributed by atoms with Crippen molar-refractivity contribution in [3.63, 3.8) is 0 Å². The highest BCUT2D eigenvalue weighted by atomic mass is 16.4. The van der Waals surface area contributed by atoms with E-state index >= 15 is 0 Å². The molecule has 0 aliphatic rings. The Kier molecular flexibility index (Phi) is 3.55. The summed E-state index contributed by atoms with van der Waals surface area (Å²) in [6.45, 7) is 2.78. The molecule has 1 N–H and O–H groups in total. The molecule has 0 fully saturated rings. The van der Waals surface area contributed by atoms with Crippen molar-refractivity contribution in [2.45, 2.75) is 20.3 Å². The highest BCUT2D eigenvalue weighted by Gasteiger charge is 2.13. The van der Waals surface area contributed by atoms with Gasteiger partial charge in [0.15, 0.2) is 5.78 Å². The fraction of sp³-hybridized carbons (Fsp3) is 0.250. The van der Waals surface area contributed by atoms with Crippen molar-refractivity contribution in [3.8, 4) is 0 Å². The van der Waals surface area contributed by atoms with Gasteiger partial charge in [0.25, 0.3) is 0 Å². The van der Waals surface area contributed by atoms with Crippen LogP contribution in [0.3, 0.4) is 0 Å². The molecule has 0 bridgehead atoms. The zero-order chi connectivity index (χ0) is 12.3. The van der Waals surface area contributed by atoms with Crippen LogP contribution >= 0.6 is 0 Å². The van der Waals surface area contributed by atoms with E-state index in [1.165, 1.54) is 32.0 Å². The fourth-order valence-corrected chi connectivity index (χ4v) is 1.44. The van der Waals surface area contributed by atoms with E-state index in [-0.39, 0.29) is 23.6 Å². The minimum atomic E-state index is -1.09. The summed E-state index contributed by atoms with van der Waals surface area (Å²) in [6, 6.07) is 4.28. The fourth-order valence-electron chi connectivity index (χ4n) is 1.44. The van der Waals surface area contributed by atoms with Crippen molar-refractivity contribution in [2.24, 2.45) is 0 Å². The number of ketones is 2. The number of carbonyl (C=O) groups excluding carboxylic acids is 2. The topological polar surface area (TPSA) is 71.4 Å². The first-order chi connectivity index (χ1) is 7.41. The Bertz CT molecular complexity index is 460. The highest BCUT2D eigenvalue weighted by Crippen LogP contribution is 2.14. The van der Waals surface area contributed by atoms with Gasteiger partial charge in [0.1, 0.15) is 5.78 Å². The third-order valence-corrected chi connectivity index (χ3v) is 2.18. The number of carboxylic acids is 1. The van der Waals surface area contributed by atoms with Gasteiger partial charge in [-0.05, 0) is 31.5 Å². The van der Waals surface area contributed by atoms with E-state index in [9.17, 15) is 14.4 Å². The molecule has 0 heterocycles. The van der Waals surface area contributed by atoms with Gasteiger partial charge in [0.05, 0.1) is 5.56 Å². The van der Waals surface area contributed by atoms with Gasteiger partial charge in [-0.15, -0.1) is 0 Å². The number of hydrogen-bond donors (Lipinski definition) is 1. The van der Waals surface area contributed by atoms with Gasteiger partial charge in [-0.1, -0.05) is 6.07 Å². The maximum atomic E-state index is 11.1. The lowest BCUT2D eigenvalue weighted by Crippen LogP contribution is -2.08. The Labute approximate surface area is 92.9 Å². The van der Waals surface area contributed by atoms with Crippen LogP contribution in [0.4, 0.5) is 0 Å². The van der Waals surface area contributed by atoms with Crippen LogP contribution in [0.5, 0.6) is 0 Å². The second kappa shape index (κ2) is 4.70. The van der Waals surface area contributed by atoms with Crippen LogP contribution in [0, 0.1) is 0 Å². The van der Waals surface area contributed by atoms with Crippen molar-refractivity contribution >= 4 is 17.5 Å². The molecule has 16 heavy (non-hydrogen) atoms. The standard InChI is InChI=1S/C12H12O4/c1-7(13)5-10-6-9(8(2)14)3-4-11(10)12(15)16/h3-4,6H,5H2,1-2H3,(H,15,16). The molecule has 0 aliphatic carbocycles. The summed E-state index contributed by atoms with van der Waals surface area (Å²) in [4.78, 5) is 33.0. The van der Waals surface area contributed by atoms with Gasteiger partial charge in [-0.25, -0.2) is 4.79 Å². The number of carboxylic acid groups (broad SMARTS) is 1.